The molecule has 21 heavy (non-hydrogen) atoms. The van der Waals surface area contributed by atoms with Crippen LogP contribution in [0.4, 0.5) is 5.69 Å². The standard InChI is InChI=1S/C15H17BrN2O2S/c1-2-17-11-12-7-9-13(10-8-12)21(19,20)18-15-6-4-3-5-14(15)16/h3-10,17-18H,2,11H2,1H3. The second-order valence-corrected chi connectivity index (χ2v) is 7.05. The molecular formula is C15H17BrN2O2S. The van der Waals surface area contributed by atoms with Crippen molar-refractivity contribution in [2.45, 2.75) is 18.4 Å². The van der Waals surface area contributed by atoms with Crippen molar-refractivity contribution in [3.05, 3.63) is 58.6 Å². The van der Waals surface area contributed by atoms with E-state index in [4.69, 9.17) is 0 Å². The Morgan fingerprint density at radius 1 is 1.05 bits per heavy atom. The molecule has 0 spiro atoms. The fourth-order valence-corrected chi connectivity index (χ4v) is 3.40. The van der Waals surface area contributed by atoms with Gasteiger partial charge in [0.05, 0.1) is 10.6 Å². The molecule has 0 aliphatic heterocycles. The summed E-state index contributed by atoms with van der Waals surface area (Å²) in [5, 5.41) is 3.20. The topological polar surface area (TPSA) is 58.2 Å². The van der Waals surface area contributed by atoms with Crippen LogP contribution < -0.4 is 10.0 Å². The van der Waals surface area contributed by atoms with Crippen LogP contribution in [0, 0.1) is 0 Å². The Kier molecular flexibility index (Phi) is 5.39. The van der Waals surface area contributed by atoms with Crippen LogP contribution in [0.3, 0.4) is 0 Å². The zero-order valence-corrected chi connectivity index (χ0v) is 14.0. The Balaban J connectivity index is 2.18. The summed E-state index contributed by atoms with van der Waals surface area (Å²) in [6, 6.07) is 14.0. The first-order valence-corrected chi connectivity index (χ1v) is 8.87. The molecule has 0 aromatic heterocycles. The molecule has 0 radical (unpaired) electrons. The number of benzene rings is 2. The highest BCUT2D eigenvalue weighted by molar-refractivity contribution is 9.10. The van der Waals surface area contributed by atoms with Gasteiger partial charge in [0.25, 0.3) is 10.0 Å². The van der Waals surface area contributed by atoms with Crippen molar-refractivity contribution in [3.8, 4) is 0 Å². The van der Waals surface area contributed by atoms with Crippen molar-refractivity contribution in [1.29, 1.82) is 0 Å². The molecule has 0 atom stereocenters. The molecule has 112 valence electrons. The third kappa shape index (κ3) is 4.30. The van der Waals surface area contributed by atoms with Crippen LogP contribution in [0.5, 0.6) is 0 Å². The van der Waals surface area contributed by atoms with Crippen molar-refractivity contribution in [2.24, 2.45) is 0 Å². The number of hydrogen-bond donors (Lipinski definition) is 2. The van der Waals surface area contributed by atoms with Gasteiger partial charge >= 0.3 is 0 Å². The van der Waals surface area contributed by atoms with Gasteiger partial charge in [0.1, 0.15) is 0 Å². The van der Waals surface area contributed by atoms with E-state index in [9.17, 15) is 8.42 Å². The van der Waals surface area contributed by atoms with Crippen LogP contribution in [0.1, 0.15) is 12.5 Å². The van der Waals surface area contributed by atoms with Gasteiger partial charge in [-0.05, 0) is 52.3 Å². The molecule has 2 aromatic carbocycles. The first-order chi connectivity index (χ1) is 10.0. The minimum atomic E-state index is -3.57. The second kappa shape index (κ2) is 7.06. The number of para-hydroxylation sites is 1. The molecule has 0 amide bonds. The van der Waals surface area contributed by atoms with Crippen LogP contribution >= 0.6 is 15.9 Å². The van der Waals surface area contributed by atoms with Gasteiger partial charge in [-0.15, -0.1) is 0 Å². The lowest BCUT2D eigenvalue weighted by atomic mass is 10.2. The van der Waals surface area contributed by atoms with E-state index >= 15 is 0 Å². The van der Waals surface area contributed by atoms with Gasteiger partial charge in [0.2, 0.25) is 0 Å². The molecule has 0 unspecified atom stereocenters. The number of sulfonamides is 1. The summed E-state index contributed by atoms with van der Waals surface area (Å²) in [5.41, 5.74) is 1.57. The quantitative estimate of drug-likeness (QED) is 0.821. The summed E-state index contributed by atoms with van der Waals surface area (Å²) in [5.74, 6) is 0. The Morgan fingerprint density at radius 2 is 1.71 bits per heavy atom. The molecule has 2 aromatic rings. The Bertz CT molecular complexity index is 700. The maximum absolute atomic E-state index is 12.3. The van der Waals surface area contributed by atoms with E-state index in [1.54, 1.807) is 30.3 Å². The molecule has 0 saturated heterocycles. The summed E-state index contributed by atoms with van der Waals surface area (Å²) in [6.07, 6.45) is 0. The number of anilines is 1. The Labute approximate surface area is 133 Å². The predicted molar refractivity (Wildman–Crippen MR) is 88.8 cm³/mol. The average Bonchev–Trinajstić information content (AvgIpc) is 2.48. The number of halogens is 1. The molecule has 0 fully saturated rings. The number of hydrogen-bond acceptors (Lipinski definition) is 3. The van der Waals surface area contributed by atoms with Gasteiger partial charge in [-0.2, -0.15) is 0 Å². The number of rotatable bonds is 6. The van der Waals surface area contributed by atoms with Crippen LogP contribution in [-0.2, 0) is 16.6 Å². The summed E-state index contributed by atoms with van der Waals surface area (Å²) in [7, 11) is -3.57. The Hall–Kier alpha value is -1.37. The minimum absolute atomic E-state index is 0.249. The first kappa shape index (κ1) is 16.0. The molecule has 0 aliphatic carbocycles. The SMILES string of the molecule is CCNCc1ccc(S(=O)(=O)Nc2ccccc2Br)cc1. The Morgan fingerprint density at radius 3 is 2.33 bits per heavy atom. The monoisotopic (exact) mass is 368 g/mol. The van der Waals surface area contributed by atoms with Crippen LogP contribution in [0.2, 0.25) is 0 Å². The molecule has 0 aliphatic rings. The maximum Gasteiger partial charge on any atom is 0.261 e. The van der Waals surface area contributed by atoms with Crippen molar-refractivity contribution >= 4 is 31.6 Å². The zero-order valence-electron chi connectivity index (χ0n) is 11.6. The highest BCUT2D eigenvalue weighted by atomic mass is 79.9. The van der Waals surface area contributed by atoms with Crippen molar-refractivity contribution in [2.75, 3.05) is 11.3 Å². The average molecular weight is 369 g/mol. The number of nitrogens with one attached hydrogen (secondary N) is 2. The molecule has 4 nitrogen and oxygen atoms in total. The summed E-state index contributed by atoms with van der Waals surface area (Å²) < 4.78 is 27.9. The van der Waals surface area contributed by atoms with Gasteiger partial charge < -0.3 is 5.32 Å². The van der Waals surface area contributed by atoms with Gasteiger partial charge in [-0.1, -0.05) is 31.2 Å². The minimum Gasteiger partial charge on any atom is -0.313 e. The summed E-state index contributed by atoms with van der Waals surface area (Å²) in [4.78, 5) is 0.249. The first-order valence-electron chi connectivity index (χ1n) is 6.60. The highest BCUT2D eigenvalue weighted by Crippen LogP contribution is 2.24. The van der Waals surface area contributed by atoms with Gasteiger partial charge in [-0.25, -0.2) is 8.42 Å². The summed E-state index contributed by atoms with van der Waals surface area (Å²) in [6.45, 7) is 3.64. The van der Waals surface area contributed by atoms with Crippen molar-refractivity contribution in [3.63, 3.8) is 0 Å². The highest BCUT2D eigenvalue weighted by Gasteiger charge is 2.15. The maximum atomic E-state index is 12.3. The van der Waals surface area contributed by atoms with Crippen LogP contribution in [0.15, 0.2) is 57.9 Å². The van der Waals surface area contributed by atoms with Gasteiger partial charge in [0.15, 0.2) is 0 Å². The normalized spacial score (nSPS) is 11.3. The molecule has 2 rings (SSSR count). The predicted octanol–water partition coefficient (Wildman–Crippen LogP) is 3.36. The van der Waals surface area contributed by atoms with E-state index in [0.29, 0.717) is 10.2 Å². The second-order valence-electron chi connectivity index (χ2n) is 4.51. The van der Waals surface area contributed by atoms with Crippen molar-refractivity contribution in [1.82, 2.24) is 5.32 Å². The summed E-state index contributed by atoms with van der Waals surface area (Å²) >= 11 is 3.33. The lowest BCUT2D eigenvalue weighted by molar-refractivity contribution is 0.601. The van der Waals surface area contributed by atoms with E-state index < -0.39 is 10.0 Å². The lowest BCUT2D eigenvalue weighted by Gasteiger charge is -2.10. The lowest BCUT2D eigenvalue weighted by Crippen LogP contribution is -2.14. The van der Waals surface area contributed by atoms with E-state index in [2.05, 4.69) is 26.0 Å². The third-order valence-electron chi connectivity index (χ3n) is 2.93. The third-order valence-corrected chi connectivity index (χ3v) is 5.00. The molecule has 0 bridgehead atoms. The van der Waals surface area contributed by atoms with Gasteiger partial charge in [-0.3, -0.25) is 4.72 Å². The fourth-order valence-electron chi connectivity index (χ4n) is 1.80. The fraction of sp³-hybridized carbons (Fsp3) is 0.200. The van der Waals surface area contributed by atoms with E-state index in [1.807, 2.05) is 25.1 Å². The van der Waals surface area contributed by atoms with Crippen LogP contribution in [0.25, 0.3) is 0 Å². The molecule has 2 N–H and O–H groups in total. The molecule has 0 saturated carbocycles. The smallest absolute Gasteiger partial charge is 0.261 e. The van der Waals surface area contributed by atoms with E-state index in [-0.39, 0.29) is 4.90 Å². The van der Waals surface area contributed by atoms with E-state index in [0.717, 1.165) is 18.7 Å². The van der Waals surface area contributed by atoms with Gasteiger partial charge in [0, 0.05) is 11.0 Å². The van der Waals surface area contributed by atoms with Crippen molar-refractivity contribution < 1.29 is 8.42 Å². The largest absolute Gasteiger partial charge is 0.313 e. The molecule has 6 heteroatoms. The molecule has 0 heterocycles. The van der Waals surface area contributed by atoms with Crippen LogP contribution in [-0.4, -0.2) is 15.0 Å². The van der Waals surface area contributed by atoms with E-state index in [1.165, 1.54) is 0 Å². The zero-order chi connectivity index (χ0) is 15.3. The molecular weight excluding hydrogens is 352 g/mol.